The molecule has 0 aliphatic carbocycles. The zero-order valence-electron chi connectivity index (χ0n) is 5.84. The number of hydrogen-bond acceptors (Lipinski definition) is 3. The Morgan fingerprint density at radius 1 is 1.00 bits per heavy atom. The van der Waals surface area contributed by atoms with Crippen molar-refractivity contribution >= 4 is 0 Å². The van der Waals surface area contributed by atoms with Gasteiger partial charge < -0.3 is 16.8 Å². The third-order valence-corrected chi connectivity index (χ3v) is 0.642. The zero-order valence-corrected chi connectivity index (χ0v) is 8.94. The topological polar surface area (TPSA) is 64.1 Å². The van der Waals surface area contributed by atoms with Gasteiger partial charge in [-0.3, -0.25) is 0 Å². The zero-order chi connectivity index (χ0) is 5.54. The van der Waals surface area contributed by atoms with Crippen LogP contribution < -0.4 is 46.3 Å². The van der Waals surface area contributed by atoms with Crippen LogP contribution in [-0.4, -0.2) is 26.2 Å². The van der Waals surface area contributed by atoms with E-state index in [2.05, 4.69) is 5.32 Å². The Morgan fingerprint density at radius 2 is 1.33 bits per heavy atom. The normalized spacial score (nSPS) is 7.33. The SMILES string of the molecule is NCCNCCN.[Fe+3].[Na+]. The monoisotopic (exact) mass is 182 g/mol. The number of hydrogen-bond donors (Lipinski definition) is 3. The Morgan fingerprint density at radius 3 is 1.56 bits per heavy atom. The Hall–Kier alpha value is 1.40. The van der Waals surface area contributed by atoms with Gasteiger partial charge in [0.05, 0.1) is 0 Å². The minimum atomic E-state index is 0. The first-order chi connectivity index (χ1) is 3.41. The van der Waals surface area contributed by atoms with Crippen molar-refractivity contribution in [2.45, 2.75) is 0 Å². The van der Waals surface area contributed by atoms with E-state index >= 15 is 0 Å². The van der Waals surface area contributed by atoms with Gasteiger partial charge in [-0.05, 0) is 0 Å². The third kappa shape index (κ3) is 17.7. The molecule has 9 heavy (non-hydrogen) atoms. The summed E-state index contributed by atoms with van der Waals surface area (Å²) in [6.45, 7) is 3.13. The van der Waals surface area contributed by atoms with Gasteiger partial charge >= 0.3 is 46.6 Å². The van der Waals surface area contributed by atoms with Crippen LogP contribution in [0.15, 0.2) is 0 Å². The van der Waals surface area contributed by atoms with Crippen molar-refractivity contribution in [3.8, 4) is 0 Å². The molecule has 5 N–H and O–H groups in total. The van der Waals surface area contributed by atoms with Crippen LogP contribution in [0, 0.1) is 0 Å². The van der Waals surface area contributed by atoms with Gasteiger partial charge in [-0.25, -0.2) is 0 Å². The second-order valence-corrected chi connectivity index (χ2v) is 1.33. The van der Waals surface area contributed by atoms with Crippen molar-refractivity contribution in [1.82, 2.24) is 5.32 Å². The Kier molecular flexibility index (Phi) is 30.2. The van der Waals surface area contributed by atoms with Crippen LogP contribution in [0.25, 0.3) is 0 Å². The van der Waals surface area contributed by atoms with Crippen molar-refractivity contribution in [2.75, 3.05) is 26.2 Å². The molecule has 0 aliphatic rings. The van der Waals surface area contributed by atoms with Crippen LogP contribution in [0.1, 0.15) is 0 Å². The molecule has 0 aromatic heterocycles. The minimum Gasteiger partial charge on any atom is -0.329 e. The van der Waals surface area contributed by atoms with Gasteiger partial charge in [-0.15, -0.1) is 0 Å². The van der Waals surface area contributed by atoms with E-state index in [1.807, 2.05) is 0 Å². The molecule has 1 radical (unpaired) electrons. The van der Waals surface area contributed by atoms with Crippen LogP contribution in [0.5, 0.6) is 0 Å². The fourth-order valence-electron chi connectivity index (χ4n) is 0.329. The molecular weight excluding hydrogens is 169 g/mol. The fraction of sp³-hybridized carbons (Fsp3) is 1.00. The molecule has 0 rings (SSSR count). The Balaban J connectivity index is -0.000000180. The maximum absolute atomic E-state index is 5.17. The standard InChI is InChI=1S/C4H13N3.Fe.Na/c5-1-3-7-4-2-6;;/h7H,1-6H2;;/q;+3;+1. The molecule has 0 unspecified atom stereocenters. The summed E-state index contributed by atoms with van der Waals surface area (Å²) in [7, 11) is 0. The molecule has 0 atom stereocenters. The van der Waals surface area contributed by atoms with Crippen molar-refractivity contribution in [3.05, 3.63) is 0 Å². The number of rotatable bonds is 4. The number of nitrogens with one attached hydrogen (secondary N) is 1. The predicted octanol–water partition coefficient (Wildman–Crippen LogP) is -4.51. The van der Waals surface area contributed by atoms with Crippen molar-refractivity contribution in [2.24, 2.45) is 11.5 Å². The quantitative estimate of drug-likeness (QED) is 0.303. The van der Waals surface area contributed by atoms with E-state index in [4.69, 9.17) is 11.5 Å². The predicted molar refractivity (Wildman–Crippen MR) is 31.0 cm³/mol. The smallest absolute Gasteiger partial charge is 0.329 e. The van der Waals surface area contributed by atoms with E-state index in [0.717, 1.165) is 13.1 Å². The summed E-state index contributed by atoms with van der Waals surface area (Å²) < 4.78 is 0. The molecule has 5 heteroatoms. The molecule has 0 aromatic rings. The minimum absolute atomic E-state index is 0. The molecule has 49 valence electrons. The second kappa shape index (κ2) is 16.2. The van der Waals surface area contributed by atoms with Gasteiger partial charge in [-0.1, -0.05) is 0 Å². The van der Waals surface area contributed by atoms with E-state index in [1.165, 1.54) is 0 Å². The first-order valence-corrected chi connectivity index (χ1v) is 2.52. The molecular formula is C4H13FeN3Na+4. The largest absolute Gasteiger partial charge is 3.00 e. The first-order valence-electron chi connectivity index (χ1n) is 2.52. The van der Waals surface area contributed by atoms with E-state index < -0.39 is 0 Å². The maximum atomic E-state index is 5.17. The van der Waals surface area contributed by atoms with E-state index in [-0.39, 0.29) is 46.6 Å². The molecule has 3 nitrogen and oxygen atoms in total. The van der Waals surface area contributed by atoms with E-state index in [0.29, 0.717) is 13.1 Å². The summed E-state index contributed by atoms with van der Waals surface area (Å²) in [5.74, 6) is 0. The summed E-state index contributed by atoms with van der Waals surface area (Å²) in [5.41, 5.74) is 10.3. The van der Waals surface area contributed by atoms with Gasteiger partial charge in [0.1, 0.15) is 0 Å². The summed E-state index contributed by atoms with van der Waals surface area (Å²) in [5, 5.41) is 3.03. The summed E-state index contributed by atoms with van der Waals surface area (Å²) in [4.78, 5) is 0. The molecule has 0 aliphatic heterocycles. The molecule has 0 saturated heterocycles. The van der Waals surface area contributed by atoms with Crippen LogP contribution in [0.3, 0.4) is 0 Å². The fourth-order valence-corrected chi connectivity index (χ4v) is 0.329. The average molecular weight is 182 g/mol. The second-order valence-electron chi connectivity index (χ2n) is 1.33. The van der Waals surface area contributed by atoms with Gasteiger partial charge in [0.2, 0.25) is 0 Å². The van der Waals surface area contributed by atoms with Gasteiger partial charge in [0.15, 0.2) is 0 Å². The van der Waals surface area contributed by atoms with E-state index in [1.54, 1.807) is 0 Å². The first kappa shape index (κ1) is 16.8. The van der Waals surface area contributed by atoms with Crippen LogP contribution in [-0.2, 0) is 17.1 Å². The molecule has 0 bridgehead atoms. The Labute approximate surface area is 89.1 Å². The third-order valence-electron chi connectivity index (χ3n) is 0.642. The van der Waals surface area contributed by atoms with Crippen molar-refractivity contribution in [1.29, 1.82) is 0 Å². The van der Waals surface area contributed by atoms with Gasteiger partial charge in [-0.2, -0.15) is 0 Å². The van der Waals surface area contributed by atoms with E-state index in [9.17, 15) is 0 Å². The number of nitrogens with two attached hydrogens (primary N) is 2. The average Bonchev–Trinajstić information content (AvgIpc) is 1.69. The van der Waals surface area contributed by atoms with Crippen molar-refractivity contribution in [3.63, 3.8) is 0 Å². The summed E-state index contributed by atoms with van der Waals surface area (Å²) in [6.07, 6.45) is 0. The van der Waals surface area contributed by atoms with Gasteiger partial charge in [0, 0.05) is 26.2 Å². The molecule has 0 amide bonds. The van der Waals surface area contributed by atoms with Crippen LogP contribution >= 0.6 is 0 Å². The van der Waals surface area contributed by atoms with Crippen LogP contribution in [0.2, 0.25) is 0 Å². The molecule has 0 heterocycles. The summed E-state index contributed by atoms with van der Waals surface area (Å²) >= 11 is 0. The maximum Gasteiger partial charge on any atom is 3.00 e. The molecule has 0 aromatic carbocycles. The van der Waals surface area contributed by atoms with Crippen molar-refractivity contribution < 1.29 is 46.6 Å². The van der Waals surface area contributed by atoms with Crippen LogP contribution in [0.4, 0.5) is 0 Å². The van der Waals surface area contributed by atoms with Gasteiger partial charge in [0.25, 0.3) is 0 Å². The Bertz CT molecular complexity index is 35.0. The molecule has 0 fully saturated rings. The molecule has 0 spiro atoms. The summed E-state index contributed by atoms with van der Waals surface area (Å²) in [6, 6.07) is 0. The molecule has 0 saturated carbocycles.